The Morgan fingerprint density at radius 1 is 1.70 bits per heavy atom. The van der Waals surface area contributed by atoms with Gasteiger partial charge in [-0.25, -0.2) is 0 Å². The molecule has 0 saturated carbocycles. The molecule has 0 radical (unpaired) electrons. The molecule has 0 fully saturated rings. The molecule has 1 atom stereocenters. The van der Waals surface area contributed by atoms with Gasteiger partial charge in [-0.3, -0.25) is 9.59 Å². The summed E-state index contributed by atoms with van der Waals surface area (Å²) in [4.78, 5) is 20.2. The van der Waals surface area contributed by atoms with E-state index in [4.69, 9.17) is 5.11 Å². The summed E-state index contributed by atoms with van der Waals surface area (Å²) in [5, 5.41) is 10.3. The monoisotopic (exact) mass is 209 g/mol. The van der Waals surface area contributed by atoms with Crippen LogP contribution in [0.1, 0.15) is 6.92 Å². The van der Waals surface area contributed by atoms with E-state index in [2.05, 4.69) is 21.2 Å². The predicted octanol–water partition coefficient (Wildman–Crippen LogP) is -0.0294. The molecule has 0 aromatic rings. The molecule has 0 aromatic heterocycles. The molecular weight excluding hydrogens is 202 g/mol. The van der Waals surface area contributed by atoms with Crippen LogP contribution in [-0.4, -0.2) is 28.4 Å². The summed E-state index contributed by atoms with van der Waals surface area (Å²) in [5.74, 6) is -1.36. The zero-order valence-electron chi connectivity index (χ0n) is 5.43. The maximum atomic E-state index is 10.6. The van der Waals surface area contributed by atoms with Gasteiger partial charge in [0.1, 0.15) is 6.54 Å². The predicted molar refractivity (Wildman–Crippen MR) is 39.0 cm³/mol. The largest absolute Gasteiger partial charge is 0.480 e. The molecule has 1 amide bonds. The summed E-state index contributed by atoms with van der Waals surface area (Å²) in [6.07, 6.45) is 0. The summed E-state index contributed by atoms with van der Waals surface area (Å²) in [6.45, 7) is 1.30. The lowest BCUT2D eigenvalue weighted by Gasteiger charge is -2.01. The van der Waals surface area contributed by atoms with E-state index < -0.39 is 5.97 Å². The third-order valence-electron chi connectivity index (χ3n) is 0.775. The normalized spacial score (nSPS) is 12.2. The molecule has 0 aliphatic carbocycles. The first-order valence-corrected chi connectivity index (χ1v) is 3.59. The van der Waals surface area contributed by atoms with Crippen LogP contribution < -0.4 is 5.32 Å². The van der Waals surface area contributed by atoms with E-state index in [9.17, 15) is 9.59 Å². The van der Waals surface area contributed by atoms with Crippen molar-refractivity contribution in [1.29, 1.82) is 0 Å². The smallest absolute Gasteiger partial charge is 0.322 e. The summed E-state index contributed by atoms with van der Waals surface area (Å²) >= 11 is 2.98. The zero-order chi connectivity index (χ0) is 8.15. The van der Waals surface area contributed by atoms with Crippen molar-refractivity contribution in [3.8, 4) is 0 Å². The lowest BCUT2D eigenvalue weighted by Crippen LogP contribution is -2.33. The molecule has 0 spiro atoms. The van der Waals surface area contributed by atoms with E-state index in [0.29, 0.717) is 0 Å². The number of carbonyl (C=O) groups is 2. The average molecular weight is 210 g/mol. The number of rotatable bonds is 3. The van der Waals surface area contributed by atoms with E-state index in [-0.39, 0.29) is 17.3 Å². The molecule has 0 aliphatic heterocycles. The highest BCUT2D eigenvalue weighted by atomic mass is 79.9. The van der Waals surface area contributed by atoms with Crippen molar-refractivity contribution in [3.05, 3.63) is 0 Å². The van der Waals surface area contributed by atoms with E-state index in [0.717, 1.165) is 0 Å². The van der Waals surface area contributed by atoms with Crippen molar-refractivity contribution in [2.45, 2.75) is 11.8 Å². The van der Waals surface area contributed by atoms with Crippen LogP contribution in [0.25, 0.3) is 0 Å². The van der Waals surface area contributed by atoms with Crippen molar-refractivity contribution >= 4 is 27.8 Å². The zero-order valence-corrected chi connectivity index (χ0v) is 7.01. The molecule has 58 valence electrons. The third-order valence-corrected chi connectivity index (χ3v) is 1.19. The van der Waals surface area contributed by atoms with Crippen LogP contribution in [0.3, 0.4) is 0 Å². The number of halogens is 1. The van der Waals surface area contributed by atoms with Gasteiger partial charge >= 0.3 is 5.97 Å². The first-order valence-electron chi connectivity index (χ1n) is 2.67. The molecule has 0 rings (SSSR count). The SMILES string of the molecule is CC(Br)C(=O)NCC(=O)O. The van der Waals surface area contributed by atoms with E-state index in [1.165, 1.54) is 0 Å². The van der Waals surface area contributed by atoms with Gasteiger partial charge in [0.2, 0.25) is 5.91 Å². The van der Waals surface area contributed by atoms with Crippen LogP contribution in [0, 0.1) is 0 Å². The third kappa shape index (κ3) is 4.31. The van der Waals surface area contributed by atoms with Gasteiger partial charge in [-0.05, 0) is 6.92 Å². The van der Waals surface area contributed by atoms with Crippen molar-refractivity contribution in [1.82, 2.24) is 5.32 Å². The quantitative estimate of drug-likeness (QED) is 0.642. The van der Waals surface area contributed by atoms with Gasteiger partial charge in [0.05, 0.1) is 4.83 Å². The molecule has 10 heavy (non-hydrogen) atoms. The molecule has 0 bridgehead atoms. The number of carboxylic acid groups (broad SMARTS) is 1. The molecule has 1 unspecified atom stereocenters. The molecule has 0 aliphatic rings. The summed E-state index contributed by atoms with van der Waals surface area (Å²) in [6, 6.07) is 0. The van der Waals surface area contributed by atoms with Crippen molar-refractivity contribution in [2.24, 2.45) is 0 Å². The molecular formula is C5H8BrNO3. The second-order valence-corrected chi connectivity index (χ2v) is 3.10. The second-order valence-electron chi connectivity index (χ2n) is 1.73. The Hall–Kier alpha value is -0.580. The maximum Gasteiger partial charge on any atom is 0.322 e. The first kappa shape index (κ1) is 9.42. The number of nitrogens with one attached hydrogen (secondary N) is 1. The number of aliphatic carboxylic acids is 1. The summed E-state index contributed by atoms with van der Waals surface area (Å²) in [7, 11) is 0. The summed E-state index contributed by atoms with van der Waals surface area (Å²) < 4.78 is 0. The first-order chi connectivity index (χ1) is 4.54. The number of carboxylic acids is 1. The molecule has 2 N–H and O–H groups in total. The minimum atomic E-state index is -1.04. The fourth-order valence-electron chi connectivity index (χ4n) is 0.303. The molecule has 0 heterocycles. The van der Waals surface area contributed by atoms with E-state index in [1.54, 1.807) is 6.92 Å². The number of hydrogen-bond acceptors (Lipinski definition) is 2. The number of alkyl halides is 1. The lowest BCUT2D eigenvalue weighted by molar-refractivity contribution is -0.137. The molecule has 4 nitrogen and oxygen atoms in total. The number of hydrogen-bond donors (Lipinski definition) is 2. The fraction of sp³-hybridized carbons (Fsp3) is 0.600. The lowest BCUT2D eigenvalue weighted by atomic mass is 10.4. The highest BCUT2D eigenvalue weighted by Gasteiger charge is 2.08. The minimum Gasteiger partial charge on any atom is -0.480 e. The molecule has 0 aromatic carbocycles. The van der Waals surface area contributed by atoms with Crippen molar-refractivity contribution < 1.29 is 14.7 Å². The molecule has 5 heteroatoms. The topological polar surface area (TPSA) is 66.4 Å². The number of amides is 1. The van der Waals surface area contributed by atoms with Gasteiger partial charge in [0.15, 0.2) is 0 Å². The van der Waals surface area contributed by atoms with Gasteiger partial charge in [-0.1, -0.05) is 15.9 Å². The van der Waals surface area contributed by atoms with Crippen LogP contribution in [0.2, 0.25) is 0 Å². The van der Waals surface area contributed by atoms with Gasteiger partial charge in [0, 0.05) is 0 Å². The van der Waals surface area contributed by atoms with Crippen molar-refractivity contribution in [2.75, 3.05) is 6.54 Å². The van der Waals surface area contributed by atoms with Crippen LogP contribution in [0.5, 0.6) is 0 Å². The minimum absolute atomic E-state index is 0.317. The van der Waals surface area contributed by atoms with Crippen LogP contribution in [0.15, 0.2) is 0 Å². The maximum absolute atomic E-state index is 10.6. The summed E-state index contributed by atoms with van der Waals surface area (Å²) in [5.41, 5.74) is 0. The Kier molecular flexibility index (Phi) is 4.02. The molecule has 0 saturated heterocycles. The average Bonchev–Trinajstić information content (AvgIpc) is 1.82. The van der Waals surface area contributed by atoms with Gasteiger partial charge in [-0.2, -0.15) is 0 Å². The Morgan fingerprint density at radius 3 is 2.50 bits per heavy atom. The highest BCUT2D eigenvalue weighted by molar-refractivity contribution is 9.10. The Balaban J connectivity index is 3.50. The van der Waals surface area contributed by atoms with Crippen LogP contribution in [-0.2, 0) is 9.59 Å². The van der Waals surface area contributed by atoms with Crippen molar-refractivity contribution in [3.63, 3.8) is 0 Å². The Morgan fingerprint density at radius 2 is 2.20 bits per heavy atom. The van der Waals surface area contributed by atoms with Gasteiger partial charge < -0.3 is 10.4 Å². The standard InChI is InChI=1S/C5H8BrNO3/c1-3(6)5(10)7-2-4(8)9/h3H,2H2,1H3,(H,7,10)(H,8,9). The van der Waals surface area contributed by atoms with Gasteiger partial charge in [-0.15, -0.1) is 0 Å². The number of carbonyl (C=O) groups excluding carboxylic acids is 1. The fourth-order valence-corrected chi connectivity index (χ4v) is 0.465. The second kappa shape index (κ2) is 4.27. The van der Waals surface area contributed by atoms with E-state index in [1.807, 2.05) is 0 Å². The van der Waals surface area contributed by atoms with E-state index >= 15 is 0 Å². The Labute approximate surface area is 66.7 Å². The van der Waals surface area contributed by atoms with Crippen LogP contribution in [0.4, 0.5) is 0 Å². The van der Waals surface area contributed by atoms with Crippen LogP contribution >= 0.6 is 15.9 Å². The highest BCUT2D eigenvalue weighted by Crippen LogP contribution is 1.94. The Bertz CT molecular complexity index is 146. The van der Waals surface area contributed by atoms with Gasteiger partial charge in [0.25, 0.3) is 0 Å².